The Hall–Kier alpha value is -3.34. The largest absolute Gasteiger partial charge is 0.494 e. The maximum atomic E-state index is 13.8. The quantitative estimate of drug-likeness (QED) is 0.671. The van der Waals surface area contributed by atoms with Gasteiger partial charge in [-0.05, 0) is 54.4 Å². The molecule has 3 rings (SSSR count). The molecule has 0 saturated heterocycles. The van der Waals surface area contributed by atoms with Gasteiger partial charge in [0.05, 0.1) is 7.11 Å². The summed E-state index contributed by atoms with van der Waals surface area (Å²) < 4.78 is 24.4. The fourth-order valence-corrected chi connectivity index (χ4v) is 2.61. The molecule has 3 aromatic carbocycles. The first kappa shape index (κ1) is 18.5. The van der Waals surface area contributed by atoms with Crippen molar-refractivity contribution in [1.82, 2.24) is 0 Å². The number of benzene rings is 3. The molecule has 3 aromatic rings. The molecular weight excluding hydrogens is 345 g/mol. The summed E-state index contributed by atoms with van der Waals surface area (Å²) in [5.41, 5.74) is 2.79. The van der Waals surface area contributed by atoms with Crippen LogP contribution < -0.4 is 14.8 Å². The van der Waals surface area contributed by atoms with Crippen molar-refractivity contribution >= 4 is 11.6 Å². The molecule has 0 aliphatic carbocycles. The molecule has 0 aliphatic rings. The third-order valence-corrected chi connectivity index (χ3v) is 4.11. The van der Waals surface area contributed by atoms with Crippen LogP contribution in [0.15, 0.2) is 66.7 Å². The Labute approximate surface area is 157 Å². The maximum Gasteiger partial charge on any atom is 0.255 e. The molecule has 1 N–H and O–H groups in total. The first-order valence-electron chi connectivity index (χ1n) is 8.49. The standard InChI is InChI=1S/C22H20FNO3/c1-15-12-18(27-14-16-6-4-3-5-7-16)9-10-20(15)24-22(25)17-8-11-21(26-2)19(23)13-17/h3-13H,14H2,1-2H3,(H,24,25). The summed E-state index contributed by atoms with van der Waals surface area (Å²) in [6.45, 7) is 2.34. The summed E-state index contributed by atoms with van der Waals surface area (Å²) in [5.74, 6) is -0.156. The van der Waals surface area contributed by atoms with Crippen molar-refractivity contribution in [2.45, 2.75) is 13.5 Å². The second kappa shape index (κ2) is 8.36. The van der Waals surface area contributed by atoms with E-state index in [0.717, 1.165) is 17.2 Å². The van der Waals surface area contributed by atoms with Crippen LogP contribution in [0.1, 0.15) is 21.5 Å². The van der Waals surface area contributed by atoms with Gasteiger partial charge in [0.1, 0.15) is 12.4 Å². The Morgan fingerprint density at radius 1 is 1.04 bits per heavy atom. The molecule has 1 amide bonds. The summed E-state index contributed by atoms with van der Waals surface area (Å²) in [6.07, 6.45) is 0. The molecule has 138 valence electrons. The maximum absolute atomic E-state index is 13.8. The number of methoxy groups -OCH3 is 1. The molecule has 4 nitrogen and oxygen atoms in total. The number of aryl methyl sites for hydroxylation is 1. The molecule has 0 unspecified atom stereocenters. The van der Waals surface area contributed by atoms with Gasteiger partial charge in [0.25, 0.3) is 5.91 Å². The van der Waals surface area contributed by atoms with Crippen LogP contribution in [0.2, 0.25) is 0 Å². The smallest absolute Gasteiger partial charge is 0.255 e. The Kier molecular flexibility index (Phi) is 5.71. The normalized spacial score (nSPS) is 10.3. The van der Waals surface area contributed by atoms with E-state index in [-0.39, 0.29) is 11.3 Å². The van der Waals surface area contributed by atoms with Gasteiger partial charge >= 0.3 is 0 Å². The number of amides is 1. The molecule has 0 spiro atoms. The zero-order valence-electron chi connectivity index (χ0n) is 15.2. The molecule has 0 aliphatic heterocycles. The van der Waals surface area contributed by atoms with Crippen LogP contribution in [-0.2, 0) is 6.61 Å². The summed E-state index contributed by atoms with van der Waals surface area (Å²) in [4.78, 5) is 12.4. The molecule has 0 aromatic heterocycles. The predicted molar refractivity (Wildman–Crippen MR) is 103 cm³/mol. The minimum Gasteiger partial charge on any atom is -0.494 e. The number of hydrogen-bond acceptors (Lipinski definition) is 3. The van der Waals surface area contributed by atoms with E-state index in [2.05, 4.69) is 5.32 Å². The Balaban J connectivity index is 1.66. The van der Waals surface area contributed by atoms with Gasteiger partial charge in [-0.1, -0.05) is 30.3 Å². The van der Waals surface area contributed by atoms with Crippen LogP contribution in [0.5, 0.6) is 11.5 Å². The zero-order valence-corrected chi connectivity index (χ0v) is 15.2. The molecule has 5 heteroatoms. The fourth-order valence-electron chi connectivity index (χ4n) is 2.61. The van der Waals surface area contributed by atoms with Crippen LogP contribution in [-0.4, -0.2) is 13.0 Å². The topological polar surface area (TPSA) is 47.6 Å². The average Bonchev–Trinajstić information content (AvgIpc) is 2.69. The van der Waals surface area contributed by atoms with Gasteiger partial charge in [-0.25, -0.2) is 4.39 Å². The second-order valence-corrected chi connectivity index (χ2v) is 6.05. The van der Waals surface area contributed by atoms with Crippen LogP contribution >= 0.6 is 0 Å². The Morgan fingerprint density at radius 2 is 1.81 bits per heavy atom. The van der Waals surface area contributed by atoms with E-state index in [9.17, 15) is 9.18 Å². The molecule has 0 bridgehead atoms. The van der Waals surface area contributed by atoms with E-state index in [1.54, 1.807) is 12.1 Å². The molecule has 0 atom stereocenters. The molecule has 0 radical (unpaired) electrons. The number of carbonyl (C=O) groups excluding carboxylic acids is 1. The lowest BCUT2D eigenvalue weighted by Crippen LogP contribution is -2.13. The molecule has 0 fully saturated rings. The first-order chi connectivity index (χ1) is 13.1. The van der Waals surface area contributed by atoms with E-state index in [4.69, 9.17) is 9.47 Å². The van der Waals surface area contributed by atoms with E-state index in [1.165, 1.54) is 19.2 Å². The van der Waals surface area contributed by atoms with Gasteiger partial charge in [-0.15, -0.1) is 0 Å². The first-order valence-corrected chi connectivity index (χ1v) is 8.49. The number of carbonyl (C=O) groups is 1. The fraction of sp³-hybridized carbons (Fsp3) is 0.136. The lowest BCUT2D eigenvalue weighted by molar-refractivity contribution is 0.102. The third kappa shape index (κ3) is 4.64. The molecule has 0 saturated carbocycles. The number of anilines is 1. The highest BCUT2D eigenvalue weighted by molar-refractivity contribution is 6.04. The highest BCUT2D eigenvalue weighted by Gasteiger charge is 2.12. The van der Waals surface area contributed by atoms with Crippen molar-refractivity contribution in [2.24, 2.45) is 0 Å². The van der Waals surface area contributed by atoms with Gasteiger partial charge in [-0.2, -0.15) is 0 Å². The minimum absolute atomic E-state index is 0.0997. The Morgan fingerprint density at radius 3 is 2.48 bits per heavy atom. The van der Waals surface area contributed by atoms with E-state index in [0.29, 0.717) is 18.0 Å². The number of ether oxygens (including phenoxy) is 2. The van der Waals surface area contributed by atoms with Crippen molar-refractivity contribution in [2.75, 3.05) is 12.4 Å². The van der Waals surface area contributed by atoms with Gasteiger partial charge < -0.3 is 14.8 Å². The average molecular weight is 365 g/mol. The van der Waals surface area contributed by atoms with Gasteiger partial charge in [0.15, 0.2) is 11.6 Å². The molecular formula is C22H20FNO3. The van der Waals surface area contributed by atoms with Crippen molar-refractivity contribution in [3.05, 3.63) is 89.2 Å². The van der Waals surface area contributed by atoms with Gasteiger partial charge in [-0.3, -0.25) is 4.79 Å². The van der Waals surface area contributed by atoms with Crippen molar-refractivity contribution in [1.29, 1.82) is 0 Å². The predicted octanol–water partition coefficient (Wildman–Crippen LogP) is 4.97. The Bertz CT molecular complexity index is 942. The van der Waals surface area contributed by atoms with Crippen molar-refractivity contribution < 1.29 is 18.7 Å². The van der Waals surface area contributed by atoms with Crippen LogP contribution in [0, 0.1) is 12.7 Å². The van der Waals surface area contributed by atoms with Crippen molar-refractivity contribution in [3.63, 3.8) is 0 Å². The summed E-state index contributed by atoms with van der Waals surface area (Å²) >= 11 is 0. The number of nitrogens with one attached hydrogen (secondary N) is 1. The summed E-state index contributed by atoms with van der Waals surface area (Å²) in [6, 6.07) is 19.4. The zero-order chi connectivity index (χ0) is 19.2. The lowest BCUT2D eigenvalue weighted by Gasteiger charge is -2.12. The monoisotopic (exact) mass is 365 g/mol. The second-order valence-electron chi connectivity index (χ2n) is 6.05. The summed E-state index contributed by atoms with van der Waals surface area (Å²) in [5, 5.41) is 2.79. The molecule has 27 heavy (non-hydrogen) atoms. The van der Waals surface area contributed by atoms with E-state index < -0.39 is 11.7 Å². The summed E-state index contributed by atoms with van der Waals surface area (Å²) in [7, 11) is 1.38. The molecule has 0 heterocycles. The van der Waals surface area contributed by atoms with Crippen LogP contribution in [0.25, 0.3) is 0 Å². The SMILES string of the molecule is COc1ccc(C(=O)Nc2ccc(OCc3ccccc3)cc2C)cc1F. The van der Waals surface area contributed by atoms with Crippen LogP contribution in [0.4, 0.5) is 10.1 Å². The van der Waals surface area contributed by atoms with Crippen molar-refractivity contribution in [3.8, 4) is 11.5 Å². The highest BCUT2D eigenvalue weighted by Crippen LogP contribution is 2.24. The highest BCUT2D eigenvalue weighted by atomic mass is 19.1. The minimum atomic E-state index is -0.577. The third-order valence-electron chi connectivity index (χ3n) is 4.11. The number of halogens is 1. The number of hydrogen-bond donors (Lipinski definition) is 1. The number of rotatable bonds is 6. The van der Waals surface area contributed by atoms with E-state index >= 15 is 0 Å². The van der Waals surface area contributed by atoms with Gasteiger partial charge in [0.2, 0.25) is 0 Å². The van der Waals surface area contributed by atoms with Gasteiger partial charge in [0, 0.05) is 11.3 Å². The van der Waals surface area contributed by atoms with E-state index in [1.807, 2.05) is 43.3 Å². The van der Waals surface area contributed by atoms with Crippen LogP contribution in [0.3, 0.4) is 0 Å². The lowest BCUT2D eigenvalue weighted by atomic mass is 10.1.